The Kier molecular flexibility index (Phi) is 7.15. The van der Waals surface area contributed by atoms with Gasteiger partial charge in [0.1, 0.15) is 0 Å². The number of carbonyl (C=O) groups excluding carboxylic acids is 2. The van der Waals surface area contributed by atoms with E-state index in [-0.39, 0.29) is 25.0 Å². The summed E-state index contributed by atoms with van der Waals surface area (Å²) in [6.07, 6.45) is 3.40. The van der Waals surface area contributed by atoms with Gasteiger partial charge in [0.2, 0.25) is 5.91 Å². The van der Waals surface area contributed by atoms with Crippen LogP contribution in [-0.4, -0.2) is 48.1 Å². The molecule has 2 N–H and O–H groups in total. The van der Waals surface area contributed by atoms with E-state index in [9.17, 15) is 14.7 Å². The summed E-state index contributed by atoms with van der Waals surface area (Å²) < 4.78 is 0. The van der Waals surface area contributed by atoms with Gasteiger partial charge < -0.3 is 10.4 Å². The smallest absolute Gasteiger partial charge is 0.260 e. The summed E-state index contributed by atoms with van der Waals surface area (Å²) in [6.45, 7) is 3.58. The summed E-state index contributed by atoms with van der Waals surface area (Å²) in [7, 11) is 0. The van der Waals surface area contributed by atoms with E-state index in [0.717, 1.165) is 37.9 Å². The lowest BCUT2D eigenvalue weighted by Crippen LogP contribution is -2.37. The molecule has 5 nitrogen and oxygen atoms in total. The molecule has 1 aliphatic heterocycles. The van der Waals surface area contributed by atoms with Gasteiger partial charge in [-0.05, 0) is 56.5 Å². The number of carbonyl (C=O) groups is 2. The summed E-state index contributed by atoms with van der Waals surface area (Å²) in [5.74, 6) is -0.558. The number of benzene rings is 1. The standard InChI is InChI=1S/C19H26N2O3/c1-15(23)21(19(24)17-6-3-2-4-7-17)14-18(10-13-22)16-8-5-11-20-12-9-16/h2-4,6-7,20,22H,5,8-14H2,1H3/b18-16-. The van der Waals surface area contributed by atoms with Gasteiger partial charge in [-0.25, -0.2) is 0 Å². The van der Waals surface area contributed by atoms with E-state index in [1.54, 1.807) is 24.3 Å². The number of nitrogens with zero attached hydrogens (tertiary/aromatic N) is 1. The van der Waals surface area contributed by atoms with Gasteiger partial charge in [-0.15, -0.1) is 0 Å². The lowest BCUT2D eigenvalue weighted by molar-refractivity contribution is -0.126. The number of aliphatic hydroxyl groups is 1. The van der Waals surface area contributed by atoms with Gasteiger partial charge in [-0.2, -0.15) is 0 Å². The maximum Gasteiger partial charge on any atom is 0.260 e. The zero-order valence-electron chi connectivity index (χ0n) is 14.3. The monoisotopic (exact) mass is 330 g/mol. The minimum atomic E-state index is -0.286. The van der Waals surface area contributed by atoms with Gasteiger partial charge in [-0.1, -0.05) is 23.8 Å². The van der Waals surface area contributed by atoms with Crippen molar-refractivity contribution in [2.75, 3.05) is 26.2 Å². The summed E-state index contributed by atoms with van der Waals surface area (Å²) in [4.78, 5) is 26.0. The Morgan fingerprint density at radius 3 is 2.58 bits per heavy atom. The number of rotatable bonds is 5. The Morgan fingerprint density at radius 1 is 1.17 bits per heavy atom. The van der Waals surface area contributed by atoms with Crippen molar-refractivity contribution in [3.05, 3.63) is 47.0 Å². The topological polar surface area (TPSA) is 69.6 Å². The lowest BCUT2D eigenvalue weighted by atomic mass is 9.98. The van der Waals surface area contributed by atoms with E-state index in [2.05, 4.69) is 5.32 Å². The number of hydrogen-bond donors (Lipinski definition) is 2. The Balaban J connectivity index is 2.24. The Morgan fingerprint density at radius 2 is 1.92 bits per heavy atom. The maximum absolute atomic E-state index is 12.7. The molecule has 0 radical (unpaired) electrons. The van der Waals surface area contributed by atoms with Crippen molar-refractivity contribution in [2.45, 2.75) is 32.6 Å². The van der Waals surface area contributed by atoms with Crippen molar-refractivity contribution in [1.82, 2.24) is 10.2 Å². The number of imide groups is 1. The summed E-state index contributed by atoms with van der Waals surface area (Å²) in [6, 6.07) is 8.84. The minimum absolute atomic E-state index is 0.0253. The molecule has 1 fully saturated rings. The van der Waals surface area contributed by atoms with Crippen molar-refractivity contribution in [2.24, 2.45) is 0 Å². The van der Waals surface area contributed by atoms with Crippen LogP contribution in [-0.2, 0) is 4.79 Å². The summed E-state index contributed by atoms with van der Waals surface area (Å²) in [5.41, 5.74) is 2.78. The molecule has 2 rings (SSSR count). The van der Waals surface area contributed by atoms with E-state index >= 15 is 0 Å². The van der Waals surface area contributed by atoms with Crippen LogP contribution in [0.3, 0.4) is 0 Å². The fourth-order valence-electron chi connectivity index (χ4n) is 3.03. The van der Waals surface area contributed by atoms with Crippen molar-refractivity contribution < 1.29 is 14.7 Å². The zero-order chi connectivity index (χ0) is 17.4. The van der Waals surface area contributed by atoms with Crippen LogP contribution < -0.4 is 5.32 Å². The second kappa shape index (κ2) is 9.35. The number of hydrogen-bond acceptors (Lipinski definition) is 4. The van der Waals surface area contributed by atoms with E-state index < -0.39 is 0 Å². The van der Waals surface area contributed by atoms with Crippen molar-refractivity contribution in [3.8, 4) is 0 Å². The van der Waals surface area contributed by atoms with E-state index in [0.29, 0.717) is 12.0 Å². The molecule has 0 bridgehead atoms. The SMILES string of the molecule is CC(=O)N(C/C(CCO)=C1/CCCNCC1)C(=O)c1ccccc1. The van der Waals surface area contributed by atoms with Crippen molar-refractivity contribution in [1.29, 1.82) is 0 Å². The van der Waals surface area contributed by atoms with Crippen LogP contribution in [0.25, 0.3) is 0 Å². The molecule has 0 saturated carbocycles. The Labute approximate surface area is 143 Å². The maximum atomic E-state index is 12.7. The molecule has 1 aromatic rings. The van der Waals surface area contributed by atoms with Crippen molar-refractivity contribution >= 4 is 11.8 Å². The molecule has 1 aliphatic rings. The second-order valence-corrected chi connectivity index (χ2v) is 6.06. The Bertz CT molecular complexity index is 586. The van der Waals surface area contributed by atoms with Gasteiger partial charge in [0.15, 0.2) is 0 Å². The highest BCUT2D eigenvalue weighted by Crippen LogP contribution is 2.21. The van der Waals surface area contributed by atoms with Gasteiger partial charge in [0.25, 0.3) is 5.91 Å². The van der Waals surface area contributed by atoms with Gasteiger partial charge >= 0.3 is 0 Å². The highest BCUT2D eigenvalue weighted by molar-refractivity contribution is 6.04. The first-order valence-corrected chi connectivity index (χ1v) is 8.52. The molecule has 5 heteroatoms. The highest BCUT2D eigenvalue weighted by atomic mass is 16.3. The molecular weight excluding hydrogens is 304 g/mol. The molecule has 1 heterocycles. The minimum Gasteiger partial charge on any atom is -0.396 e. The molecular formula is C19H26N2O3. The predicted octanol–water partition coefficient (Wildman–Crippen LogP) is 2.13. The molecule has 24 heavy (non-hydrogen) atoms. The van der Waals surface area contributed by atoms with Gasteiger partial charge in [-0.3, -0.25) is 14.5 Å². The quantitative estimate of drug-likeness (QED) is 0.812. The van der Waals surface area contributed by atoms with E-state index in [4.69, 9.17) is 0 Å². The number of amides is 2. The molecule has 0 spiro atoms. The molecule has 0 aromatic heterocycles. The Hall–Kier alpha value is -1.98. The fourth-order valence-corrected chi connectivity index (χ4v) is 3.03. The van der Waals surface area contributed by atoms with Crippen LogP contribution in [0.1, 0.15) is 43.0 Å². The summed E-state index contributed by atoms with van der Waals surface area (Å²) >= 11 is 0. The third kappa shape index (κ3) is 5.01. The predicted molar refractivity (Wildman–Crippen MR) is 93.6 cm³/mol. The van der Waals surface area contributed by atoms with Crippen LogP contribution in [0.2, 0.25) is 0 Å². The molecule has 1 saturated heterocycles. The molecule has 0 atom stereocenters. The highest BCUT2D eigenvalue weighted by Gasteiger charge is 2.22. The number of aliphatic hydroxyl groups excluding tert-OH is 1. The molecule has 0 aliphatic carbocycles. The lowest BCUT2D eigenvalue weighted by Gasteiger charge is -2.23. The van der Waals surface area contributed by atoms with Crippen LogP contribution in [0.5, 0.6) is 0 Å². The normalized spacial score (nSPS) is 17.1. The first kappa shape index (κ1) is 18.4. The first-order chi connectivity index (χ1) is 11.6. The molecule has 1 aromatic carbocycles. The average molecular weight is 330 g/mol. The van der Waals surface area contributed by atoms with Crippen LogP contribution in [0.4, 0.5) is 0 Å². The van der Waals surface area contributed by atoms with Crippen LogP contribution in [0, 0.1) is 0 Å². The first-order valence-electron chi connectivity index (χ1n) is 8.52. The summed E-state index contributed by atoms with van der Waals surface area (Å²) in [5, 5.41) is 12.8. The average Bonchev–Trinajstić information content (AvgIpc) is 2.88. The molecule has 0 unspecified atom stereocenters. The van der Waals surface area contributed by atoms with Crippen molar-refractivity contribution in [3.63, 3.8) is 0 Å². The van der Waals surface area contributed by atoms with E-state index in [1.807, 2.05) is 6.07 Å². The molecule has 130 valence electrons. The zero-order valence-corrected chi connectivity index (χ0v) is 14.3. The third-order valence-electron chi connectivity index (χ3n) is 4.34. The third-order valence-corrected chi connectivity index (χ3v) is 4.34. The molecule has 2 amide bonds. The van der Waals surface area contributed by atoms with E-state index in [1.165, 1.54) is 17.4 Å². The van der Waals surface area contributed by atoms with Crippen LogP contribution >= 0.6 is 0 Å². The fraction of sp³-hybridized carbons (Fsp3) is 0.474. The van der Waals surface area contributed by atoms with Crippen LogP contribution in [0.15, 0.2) is 41.5 Å². The second-order valence-electron chi connectivity index (χ2n) is 6.06. The van der Waals surface area contributed by atoms with Gasteiger partial charge in [0, 0.05) is 19.1 Å². The van der Waals surface area contributed by atoms with Gasteiger partial charge in [0.05, 0.1) is 6.54 Å². The number of nitrogens with one attached hydrogen (secondary N) is 1. The largest absolute Gasteiger partial charge is 0.396 e.